The van der Waals surface area contributed by atoms with Crippen molar-refractivity contribution < 1.29 is 14.3 Å². The monoisotopic (exact) mass is 524 g/mol. The summed E-state index contributed by atoms with van der Waals surface area (Å²) in [5.74, 6) is -0.0745. The zero-order valence-corrected chi connectivity index (χ0v) is 19.6. The van der Waals surface area contributed by atoms with E-state index >= 15 is 0 Å². The summed E-state index contributed by atoms with van der Waals surface area (Å²) < 4.78 is 7.10. The number of benzene rings is 2. The minimum atomic E-state index is -0.412. The fraction of sp³-hybridized carbons (Fsp3) is 0.364. The average molecular weight is 526 g/mol. The highest BCUT2D eigenvalue weighted by Crippen LogP contribution is 2.26. The van der Waals surface area contributed by atoms with E-state index in [0.29, 0.717) is 22.2 Å². The minimum Gasteiger partial charge on any atom is -0.494 e. The fourth-order valence-corrected chi connectivity index (χ4v) is 3.52. The summed E-state index contributed by atoms with van der Waals surface area (Å²) in [4.78, 5) is 24.5. The predicted molar refractivity (Wildman–Crippen MR) is 122 cm³/mol. The zero-order chi connectivity index (χ0) is 21.1. The van der Waals surface area contributed by atoms with Gasteiger partial charge in [-0.15, -0.1) is 0 Å². The molecule has 0 aromatic heterocycles. The van der Waals surface area contributed by atoms with Crippen LogP contribution in [0, 0.1) is 0 Å². The third kappa shape index (κ3) is 7.82. The fourth-order valence-electron chi connectivity index (χ4n) is 2.71. The molecule has 0 heterocycles. The molecule has 2 amide bonds. The largest absolute Gasteiger partial charge is 0.494 e. The van der Waals surface area contributed by atoms with Crippen LogP contribution in [0.4, 0.5) is 0 Å². The SMILES string of the molecule is CCCCCCCCOc1ccc(C(=O)NNC(=O)c2cccc(Br)c2Br)cc1. The molecule has 5 nitrogen and oxygen atoms in total. The lowest BCUT2D eigenvalue weighted by molar-refractivity contribution is 0.0846. The van der Waals surface area contributed by atoms with Crippen LogP contribution in [-0.2, 0) is 0 Å². The lowest BCUT2D eigenvalue weighted by atomic mass is 10.1. The van der Waals surface area contributed by atoms with Crippen molar-refractivity contribution in [2.24, 2.45) is 0 Å². The molecule has 0 aliphatic heterocycles. The van der Waals surface area contributed by atoms with Crippen LogP contribution in [0.15, 0.2) is 51.4 Å². The molecule has 0 aliphatic rings. The molecule has 2 N–H and O–H groups in total. The first-order valence-electron chi connectivity index (χ1n) is 9.80. The number of nitrogens with one attached hydrogen (secondary N) is 2. The summed E-state index contributed by atoms with van der Waals surface area (Å²) >= 11 is 6.70. The molecule has 0 atom stereocenters. The van der Waals surface area contributed by atoms with Crippen LogP contribution in [0.5, 0.6) is 5.75 Å². The number of amides is 2. The second-order valence-electron chi connectivity index (χ2n) is 6.65. The van der Waals surface area contributed by atoms with Crippen molar-refractivity contribution in [3.63, 3.8) is 0 Å². The lowest BCUT2D eigenvalue weighted by Gasteiger charge is -2.10. The predicted octanol–water partition coefficient (Wildman–Crippen LogP) is 6.03. The van der Waals surface area contributed by atoms with Gasteiger partial charge in [0.2, 0.25) is 0 Å². The van der Waals surface area contributed by atoms with Gasteiger partial charge >= 0.3 is 0 Å². The van der Waals surface area contributed by atoms with Gasteiger partial charge in [-0.3, -0.25) is 20.4 Å². The second kappa shape index (κ2) is 12.6. The highest BCUT2D eigenvalue weighted by atomic mass is 79.9. The number of hydrogen-bond acceptors (Lipinski definition) is 3. The van der Waals surface area contributed by atoms with E-state index < -0.39 is 11.8 Å². The van der Waals surface area contributed by atoms with Crippen LogP contribution in [0.1, 0.15) is 66.2 Å². The number of hydrogen-bond donors (Lipinski definition) is 2. The molecule has 7 heteroatoms. The normalized spacial score (nSPS) is 10.4. The van der Waals surface area contributed by atoms with Crippen molar-refractivity contribution in [2.75, 3.05) is 6.61 Å². The number of rotatable bonds is 10. The number of unbranched alkanes of at least 4 members (excludes halogenated alkanes) is 5. The number of carbonyl (C=O) groups is 2. The van der Waals surface area contributed by atoms with E-state index in [0.717, 1.165) is 16.6 Å². The molecule has 156 valence electrons. The van der Waals surface area contributed by atoms with Gasteiger partial charge in [0, 0.05) is 14.5 Å². The van der Waals surface area contributed by atoms with E-state index in [4.69, 9.17) is 4.74 Å². The van der Waals surface area contributed by atoms with Crippen molar-refractivity contribution in [1.82, 2.24) is 10.9 Å². The molecule has 0 unspecified atom stereocenters. The van der Waals surface area contributed by atoms with Crippen LogP contribution < -0.4 is 15.6 Å². The van der Waals surface area contributed by atoms with E-state index in [-0.39, 0.29) is 0 Å². The van der Waals surface area contributed by atoms with Gasteiger partial charge < -0.3 is 4.74 Å². The molecular formula is C22H26Br2N2O3. The zero-order valence-electron chi connectivity index (χ0n) is 16.5. The molecule has 2 aromatic carbocycles. The second-order valence-corrected chi connectivity index (χ2v) is 8.30. The van der Waals surface area contributed by atoms with Crippen LogP contribution >= 0.6 is 31.9 Å². The summed E-state index contributed by atoms with van der Waals surface area (Å²) in [7, 11) is 0. The Morgan fingerprint density at radius 3 is 2.24 bits per heavy atom. The van der Waals surface area contributed by atoms with Gasteiger partial charge in [0.1, 0.15) is 5.75 Å². The van der Waals surface area contributed by atoms with Crippen LogP contribution in [-0.4, -0.2) is 18.4 Å². The standard InChI is InChI=1S/C22H26Br2N2O3/c1-2-3-4-5-6-7-15-29-17-13-11-16(12-14-17)21(27)25-26-22(28)18-9-8-10-19(23)20(18)24/h8-14H,2-7,15H2,1H3,(H,25,27)(H,26,28). The Kier molecular flexibility index (Phi) is 10.2. The van der Waals surface area contributed by atoms with E-state index in [1.807, 2.05) is 6.07 Å². The smallest absolute Gasteiger partial charge is 0.270 e. The van der Waals surface area contributed by atoms with Gasteiger partial charge in [0.05, 0.1) is 12.2 Å². The van der Waals surface area contributed by atoms with Crippen LogP contribution in [0.2, 0.25) is 0 Å². The van der Waals surface area contributed by atoms with E-state index in [1.54, 1.807) is 36.4 Å². The Hall–Kier alpha value is -1.86. The molecular weight excluding hydrogens is 500 g/mol. The first kappa shape index (κ1) is 23.4. The molecule has 0 saturated heterocycles. The van der Waals surface area contributed by atoms with Gasteiger partial charge in [-0.05, 0) is 74.7 Å². The number of halogens is 2. The maximum atomic E-state index is 12.2. The molecule has 0 bridgehead atoms. The van der Waals surface area contributed by atoms with Crippen molar-refractivity contribution >= 4 is 43.7 Å². The van der Waals surface area contributed by atoms with E-state index in [2.05, 4.69) is 49.6 Å². The summed E-state index contributed by atoms with van der Waals surface area (Å²) in [6, 6.07) is 12.1. The Morgan fingerprint density at radius 1 is 0.862 bits per heavy atom. The number of carbonyl (C=O) groups excluding carboxylic acids is 2. The number of ether oxygens (including phenoxy) is 1. The molecule has 29 heavy (non-hydrogen) atoms. The lowest BCUT2D eigenvalue weighted by Crippen LogP contribution is -2.41. The molecule has 2 aromatic rings. The van der Waals surface area contributed by atoms with Crippen molar-refractivity contribution in [3.05, 3.63) is 62.5 Å². The first-order valence-corrected chi connectivity index (χ1v) is 11.4. The topological polar surface area (TPSA) is 67.4 Å². The highest BCUT2D eigenvalue weighted by Gasteiger charge is 2.13. The Labute approximate surface area is 188 Å². The van der Waals surface area contributed by atoms with Gasteiger partial charge in [0.25, 0.3) is 11.8 Å². The quantitative estimate of drug-likeness (QED) is 0.294. The van der Waals surface area contributed by atoms with Crippen molar-refractivity contribution in [3.8, 4) is 5.75 Å². The van der Waals surface area contributed by atoms with Gasteiger partial charge in [-0.1, -0.05) is 45.1 Å². The third-order valence-corrected chi connectivity index (χ3v) is 6.42. The number of hydrazine groups is 1. The molecule has 0 spiro atoms. The third-order valence-electron chi connectivity index (χ3n) is 4.37. The van der Waals surface area contributed by atoms with Crippen molar-refractivity contribution in [1.29, 1.82) is 0 Å². The molecule has 2 rings (SSSR count). The minimum absolute atomic E-state index is 0.396. The maximum absolute atomic E-state index is 12.2. The molecule has 0 fully saturated rings. The molecule has 0 saturated carbocycles. The highest BCUT2D eigenvalue weighted by molar-refractivity contribution is 9.13. The maximum Gasteiger partial charge on any atom is 0.270 e. The van der Waals surface area contributed by atoms with Gasteiger partial charge in [-0.2, -0.15) is 0 Å². The van der Waals surface area contributed by atoms with E-state index in [9.17, 15) is 9.59 Å². The Morgan fingerprint density at radius 2 is 1.52 bits per heavy atom. The summed E-state index contributed by atoms with van der Waals surface area (Å²) in [5, 5.41) is 0. The van der Waals surface area contributed by atoms with E-state index in [1.165, 1.54) is 32.1 Å². The molecule has 0 aliphatic carbocycles. The Bertz CT molecular complexity index is 810. The van der Waals surface area contributed by atoms with Crippen LogP contribution in [0.25, 0.3) is 0 Å². The van der Waals surface area contributed by atoms with Gasteiger partial charge in [-0.25, -0.2) is 0 Å². The first-order chi connectivity index (χ1) is 14.0. The van der Waals surface area contributed by atoms with Gasteiger partial charge in [0.15, 0.2) is 0 Å². The summed E-state index contributed by atoms with van der Waals surface area (Å²) in [6.07, 6.45) is 7.29. The van der Waals surface area contributed by atoms with Crippen LogP contribution in [0.3, 0.4) is 0 Å². The average Bonchev–Trinajstić information content (AvgIpc) is 2.73. The van der Waals surface area contributed by atoms with Crippen molar-refractivity contribution in [2.45, 2.75) is 45.4 Å². The molecule has 0 radical (unpaired) electrons. The summed E-state index contributed by atoms with van der Waals surface area (Å²) in [6.45, 7) is 2.89. The Balaban J connectivity index is 1.75. The summed E-state index contributed by atoms with van der Waals surface area (Å²) in [5.41, 5.74) is 5.70.